The highest BCUT2D eigenvalue weighted by molar-refractivity contribution is 7.88. The summed E-state index contributed by atoms with van der Waals surface area (Å²) in [6.45, 7) is 43.7. The van der Waals surface area contributed by atoms with Crippen LogP contribution in [-0.2, 0) is 16.6 Å². The maximum atomic E-state index is 13.4. The first kappa shape index (κ1) is 106. The number of anilines is 1. The summed E-state index contributed by atoms with van der Waals surface area (Å²) in [5, 5.41) is 12.2. The van der Waals surface area contributed by atoms with Crippen LogP contribution in [0.2, 0.25) is 0 Å². The van der Waals surface area contributed by atoms with Crippen LogP contribution >= 0.6 is 0 Å². The number of hydrogen-bond acceptors (Lipinski definition) is 10. The molecule has 0 radical (unpaired) electrons. The van der Waals surface area contributed by atoms with Crippen molar-refractivity contribution >= 4 is 15.7 Å². The molecule has 1 aliphatic heterocycles. The van der Waals surface area contributed by atoms with Crippen molar-refractivity contribution in [1.82, 2.24) is 19.4 Å². The minimum atomic E-state index is -3.24. The van der Waals surface area contributed by atoms with Crippen LogP contribution in [0.3, 0.4) is 0 Å². The monoisotopic (exact) mass is 1680 g/mol. The quantitative estimate of drug-likeness (QED) is 0.0478. The number of rotatable bonds is 25. The largest absolute Gasteiger partial charge is 0.508 e. The number of sulfonamides is 1. The molecule has 1 fully saturated rings. The van der Waals surface area contributed by atoms with Crippen LogP contribution in [0.4, 0.5) is 45.2 Å². The van der Waals surface area contributed by atoms with Gasteiger partial charge in [0.1, 0.15) is 88.6 Å². The molecule has 21 heteroatoms. The Morgan fingerprint density at radius 1 is 0.395 bits per heavy atom. The van der Waals surface area contributed by atoms with Crippen molar-refractivity contribution in [3.05, 3.63) is 290 Å². The molecule has 0 amide bonds. The summed E-state index contributed by atoms with van der Waals surface area (Å²) in [4.78, 5) is 6.51. The Morgan fingerprint density at radius 2 is 0.798 bits per heavy atom. The zero-order valence-corrected chi connectivity index (χ0v) is 75.8. The number of ether oxygens (including phenoxy) is 3. The number of likely N-dealkylation sites (tertiary alicyclic amines) is 1. The fourth-order valence-electron chi connectivity index (χ4n) is 11.1. The molecule has 10 rings (SSSR count). The first-order valence-corrected chi connectivity index (χ1v) is 42.9. The molecular weight excluding hydrogens is 1550 g/mol. The number of likely N-dealkylation sites (N-methyl/N-ethyl adjacent to an activating group) is 2. The smallest absolute Gasteiger partial charge is 0.209 e. The van der Waals surface area contributed by atoms with E-state index in [2.05, 4.69) is 75.2 Å². The van der Waals surface area contributed by atoms with E-state index in [9.17, 15) is 47.9 Å². The Hall–Kier alpha value is -8.86. The number of methoxy groups -OCH3 is 1. The summed E-state index contributed by atoms with van der Waals surface area (Å²) in [6, 6.07) is 48.8. The van der Waals surface area contributed by atoms with E-state index >= 15 is 0 Å². The van der Waals surface area contributed by atoms with Gasteiger partial charge >= 0.3 is 0 Å². The van der Waals surface area contributed by atoms with Crippen LogP contribution in [-0.4, -0.2) is 122 Å². The number of hydrogen-bond donors (Lipinski definition) is 3. The van der Waals surface area contributed by atoms with Crippen LogP contribution < -0.4 is 24.2 Å². The lowest BCUT2D eigenvalue weighted by molar-refractivity contribution is 0.237. The minimum Gasteiger partial charge on any atom is -0.508 e. The molecule has 3 N–H and O–H groups in total. The lowest BCUT2D eigenvalue weighted by atomic mass is 10.0. The summed E-state index contributed by atoms with van der Waals surface area (Å²) in [7, 11) is 6.30. The van der Waals surface area contributed by atoms with Crippen molar-refractivity contribution in [2.75, 3.05) is 99.4 Å². The van der Waals surface area contributed by atoms with Crippen molar-refractivity contribution in [3.8, 4) is 23.0 Å². The fraction of sp³-hybridized carbons (Fsp3) is 0.449. The standard InChI is InChI=1S/C15H22FNO.C13H21FN2.C13H20FNO.C11H16FNO2S.C10H13FO.C9H11FO.3C9H11F/c1-12(2)13-9-14(16)11-15(10-13)18-8-7-17-5-3-4-6-17;1-10(2)11-7-12(14)9-13(8-11)15-5-6-16(3)4;1-10(2)11-7-12(14)9-13(8-11)16-6-5-15(3)4;1-8(2)10-4-9(5-11(12)6-10)7-13-16(3,14)15;1-7(2)8-4-9(11)6-10(5-8)12-3;1-6(2)7-3-8(10)5-9(11)4-7;1-7(2)8-3-5-9(10)6-4-8;1-7(2)8-4-3-5-9(10)6-8;1-7(2)8-5-3-4-6-9(8)10/h9-12H,3-8H2,1-2H3;7-10,15H,5-6H2,1-4H3;7-10H,5-6H2,1-4H3;4-6,8,13H,7H2,1-3H3;4-7H,1-3H3;3-6,11H,1-2H3;3*3-7H,1-2H3. The van der Waals surface area contributed by atoms with Gasteiger partial charge in [0.05, 0.1) is 13.4 Å². The molecule has 0 aromatic heterocycles. The van der Waals surface area contributed by atoms with Crippen LogP contribution in [0.5, 0.6) is 23.0 Å². The molecule has 9 aromatic rings. The van der Waals surface area contributed by atoms with Gasteiger partial charge in [-0.1, -0.05) is 173 Å². The van der Waals surface area contributed by atoms with E-state index in [1.54, 1.807) is 55.6 Å². The van der Waals surface area contributed by atoms with Gasteiger partial charge in [-0.05, 0) is 272 Å². The van der Waals surface area contributed by atoms with Gasteiger partial charge in [0.15, 0.2) is 0 Å². The number of halogens is 9. The van der Waals surface area contributed by atoms with Gasteiger partial charge in [-0.15, -0.1) is 0 Å². The highest BCUT2D eigenvalue weighted by Gasteiger charge is 2.14. The van der Waals surface area contributed by atoms with Gasteiger partial charge in [-0.3, -0.25) is 4.90 Å². The summed E-state index contributed by atoms with van der Waals surface area (Å²) < 4.78 is 157. The van der Waals surface area contributed by atoms with E-state index < -0.39 is 10.0 Å². The summed E-state index contributed by atoms with van der Waals surface area (Å²) in [5.74, 6) is 2.82. The molecular formula is C98H136F9N5O6S. The number of benzene rings is 9. The molecule has 9 aromatic carbocycles. The number of nitrogens with one attached hydrogen (secondary N) is 2. The molecule has 0 saturated carbocycles. The van der Waals surface area contributed by atoms with E-state index in [1.165, 1.54) is 98.2 Å². The van der Waals surface area contributed by atoms with Gasteiger partial charge in [0.25, 0.3) is 0 Å². The zero-order valence-electron chi connectivity index (χ0n) is 74.9. The maximum absolute atomic E-state index is 13.4. The van der Waals surface area contributed by atoms with E-state index in [4.69, 9.17) is 19.3 Å². The van der Waals surface area contributed by atoms with Crippen molar-refractivity contribution in [3.63, 3.8) is 0 Å². The van der Waals surface area contributed by atoms with Crippen molar-refractivity contribution in [1.29, 1.82) is 0 Å². The maximum Gasteiger partial charge on any atom is 0.209 e. The molecule has 0 bridgehead atoms. The molecule has 1 aliphatic rings. The first-order valence-electron chi connectivity index (χ1n) is 41.0. The second-order valence-electron chi connectivity index (χ2n) is 32.7. The Labute approximate surface area is 708 Å². The van der Waals surface area contributed by atoms with Crippen molar-refractivity contribution in [2.45, 2.75) is 197 Å². The molecule has 11 nitrogen and oxygen atoms in total. The van der Waals surface area contributed by atoms with Gasteiger partial charge in [0, 0.05) is 62.7 Å². The molecule has 0 spiro atoms. The third-order valence-corrected chi connectivity index (χ3v) is 19.1. The molecule has 1 saturated heterocycles. The average Bonchev–Trinajstić information content (AvgIpc) is 1.23. The van der Waals surface area contributed by atoms with Gasteiger partial charge in [-0.25, -0.2) is 52.7 Å². The Morgan fingerprint density at radius 3 is 1.21 bits per heavy atom. The van der Waals surface area contributed by atoms with Gasteiger partial charge in [-0.2, -0.15) is 0 Å². The van der Waals surface area contributed by atoms with Gasteiger partial charge in [0.2, 0.25) is 10.0 Å². The van der Waals surface area contributed by atoms with Crippen LogP contribution in [0.1, 0.15) is 246 Å². The predicted octanol–water partition coefficient (Wildman–Crippen LogP) is 25.7. The topological polar surface area (TPSA) is 116 Å². The van der Waals surface area contributed by atoms with Crippen LogP contribution in [0.25, 0.3) is 0 Å². The lowest BCUT2D eigenvalue weighted by Crippen LogP contribution is -2.25. The number of phenolic OH excluding ortho intramolecular Hbond substituents is 1. The number of aromatic hydroxyl groups is 1. The van der Waals surface area contributed by atoms with E-state index in [1.807, 2.05) is 163 Å². The minimum absolute atomic E-state index is 0.00583. The third kappa shape index (κ3) is 47.1. The van der Waals surface area contributed by atoms with E-state index in [-0.39, 0.29) is 82.4 Å². The molecule has 658 valence electrons. The van der Waals surface area contributed by atoms with Gasteiger partial charge < -0.3 is 34.4 Å². The fourth-order valence-corrected chi connectivity index (χ4v) is 11.5. The zero-order chi connectivity index (χ0) is 89.8. The lowest BCUT2D eigenvalue weighted by Gasteiger charge is -2.15. The second-order valence-corrected chi connectivity index (χ2v) is 34.5. The number of phenols is 1. The average molecular weight is 1680 g/mol. The molecule has 1 heterocycles. The van der Waals surface area contributed by atoms with Crippen LogP contribution in [0, 0.1) is 52.4 Å². The normalized spacial score (nSPS) is 11.8. The SMILES string of the molecule is CC(C)c1cc(F)cc(CNS(C)(=O)=O)c1.CC(C)c1cc(F)cc(NCCN(C)C)c1.CC(C)c1cc(F)cc(OCCN(C)C)c1.CC(C)c1cc(F)cc(OCCN2CCCC2)c1.CC(C)c1cc(O)cc(F)c1.CC(C)c1ccc(F)cc1.CC(C)c1cccc(F)c1.CC(C)c1ccccc1F.COc1cc(F)cc(C(C)C)c1. The number of nitrogens with zero attached hydrogens (tertiary/aromatic N) is 3. The van der Waals surface area contributed by atoms with Crippen LogP contribution in [0.15, 0.2) is 182 Å². The Balaban J connectivity index is 0.000000457. The molecule has 0 unspecified atom stereocenters. The molecule has 119 heavy (non-hydrogen) atoms. The van der Waals surface area contributed by atoms with E-state index in [0.29, 0.717) is 71.5 Å². The highest BCUT2D eigenvalue weighted by atomic mass is 32.2. The summed E-state index contributed by atoms with van der Waals surface area (Å²) >= 11 is 0. The highest BCUT2D eigenvalue weighted by Crippen LogP contribution is 2.28. The Kier molecular flexibility index (Phi) is 49.9. The molecule has 0 aliphatic carbocycles. The van der Waals surface area contributed by atoms with E-state index in [0.717, 1.165) is 88.7 Å². The summed E-state index contributed by atoms with van der Waals surface area (Å²) in [6.07, 6.45) is 3.66. The first-order chi connectivity index (χ1) is 55.7. The summed E-state index contributed by atoms with van der Waals surface area (Å²) in [5.41, 5.74) is 10.2. The third-order valence-electron chi connectivity index (χ3n) is 18.4. The second kappa shape index (κ2) is 55.9. The molecule has 0 atom stereocenters. The van der Waals surface area contributed by atoms with Crippen molar-refractivity contribution in [2.24, 2.45) is 0 Å². The van der Waals surface area contributed by atoms with Crippen molar-refractivity contribution < 1.29 is 67.2 Å². The predicted molar refractivity (Wildman–Crippen MR) is 477 cm³/mol. The Bertz CT molecular complexity index is 4370.